The summed E-state index contributed by atoms with van der Waals surface area (Å²) in [5, 5.41) is 0.586. The van der Waals surface area contributed by atoms with Crippen molar-refractivity contribution in [2.24, 2.45) is 5.92 Å². The number of hydrogen-bond acceptors (Lipinski definition) is 9. The van der Waals surface area contributed by atoms with Crippen LogP contribution in [0.15, 0.2) is 59.8 Å². The van der Waals surface area contributed by atoms with E-state index in [1.165, 1.54) is 23.9 Å². The van der Waals surface area contributed by atoms with Crippen LogP contribution in [-0.4, -0.2) is 79.7 Å². The van der Waals surface area contributed by atoms with Crippen molar-refractivity contribution in [3.8, 4) is 0 Å². The second-order valence-electron chi connectivity index (χ2n) is 11.3. The van der Waals surface area contributed by atoms with Crippen LogP contribution in [0.2, 0.25) is 0 Å². The summed E-state index contributed by atoms with van der Waals surface area (Å²) in [6.07, 6.45) is -2.89. The molecule has 0 spiro atoms. The number of methoxy groups -OCH3 is 1. The number of esters is 1. The number of piperazine rings is 1. The number of halogens is 3. The minimum absolute atomic E-state index is 0.0957. The molecule has 3 heterocycles. The highest BCUT2D eigenvalue weighted by atomic mass is 32.2. The Kier molecular flexibility index (Phi) is 11.1. The molecule has 3 aromatic rings. The largest absolute Gasteiger partial charge is 0.466 e. The van der Waals surface area contributed by atoms with Crippen molar-refractivity contribution in [3.63, 3.8) is 0 Å². The molecule has 0 unspecified atom stereocenters. The molecule has 246 valence electrons. The second-order valence-corrected chi connectivity index (χ2v) is 12.2. The number of piperidine rings is 1. The van der Waals surface area contributed by atoms with Gasteiger partial charge in [-0.1, -0.05) is 30.0 Å². The number of amides is 1. The fourth-order valence-electron chi connectivity index (χ4n) is 5.67. The van der Waals surface area contributed by atoms with E-state index in [2.05, 4.69) is 9.88 Å². The Morgan fingerprint density at radius 1 is 0.978 bits per heavy atom. The first-order chi connectivity index (χ1) is 22.1. The van der Waals surface area contributed by atoms with Crippen LogP contribution in [-0.2, 0) is 32.8 Å². The van der Waals surface area contributed by atoms with Gasteiger partial charge in [0.15, 0.2) is 5.16 Å². The zero-order valence-electron chi connectivity index (χ0n) is 26.0. The number of carbonyl (C=O) groups is 2. The lowest BCUT2D eigenvalue weighted by Crippen LogP contribution is -2.47. The van der Waals surface area contributed by atoms with Gasteiger partial charge in [-0.2, -0.15) is 13.2 Å². The van der Waals surface area contributed by atoms with Crippen LogP contribution < -0.4 is 9.80 Å². The van der Waals surface area contributed by atoms with Crippen molar-refractivity contribution in [3.05, 3.63) is 77.0 Å². The lowest BCUT2D eigenvalue weighted by Gasteiger charge is -2.37. The van der Waals surface area contributed by atoms with E-state index in [4.69, 9.17) is 14.5 Å². The van der Waals surface area contributed by atoms with E-state index in [1.54, 1.807) is 25.0 Å². The van der Waals surface area contributed by atoms with Crippen molar-refractivity contribution in [2.75, 3.05) is 62.8 Å². The summed E-state index contributed by atoms with van der Waals surface area (Å²) in [5.74, 6) is 0.705. The Bertz CT molecular complexity index is 1500. The molecule has 0 saturated carbocycles. The van der Waals surface area contributed by atoms with E-state index in [9.17, 15) is 22.8 Å². The number of nitrogens with zero attached hydrogens (tertiary/aromatic N) is 5. The first-order valence-corrected chi connectivity index (χ1v) is 16.3. The van der Waals surface area contributed by atoms with Crippen molar-refractivity contribution in [1.82, 2.24) is 14.9 Å². The van der Waals surface area contributed by atoms with Gasteiger partial charge in [0.25, 0.3) is 5.91 Å². The third-order valence-electron chi connectivity index (χ3n) is 8.08. The van der Waals surface area contributed by atoms with E-state index < -0.39 is 11.7 Å². The molecule has 2 aliphatic heterocycles. The highest BCUT2D eigenvalue weighted by Crippen LogP contribution is 2.32. The number of rotatable bonds is 10. The monoisotopic (exact) mass is 657 g/mol. The van der Waals surface area contributed by atoms with Gasteiger partial charge in [-0.05, 0) is 55.7 Å². The maximum atomic E-state index is 13.2. The molecule has 2 saturated heterocycles. The van der Waals surface area contributed by atoms with Gasteiger partial charge < -0.3 is 24.2 Å². The topological polar surface area (TPSA) is 88.1 Å². The van der Waals surface area contributed by atoms with Crippen LogP contribution in [0.4, 0.5) is 24.7 Å². The van der Waals surface area contributed by atoms with Gasteiger partial charge in [-0.25, -0.2) is 9.97 Å². The third-order valence-corrected chi connectivity index (χ3v) is 9.00. The molecule has 5 rings (SSSR count). The molecule has 0 radical (unpaired) electrons. The standard InChI is InChI=1S/C33H38F3N5O4S/c1-3-45-31(43)25-6-5-13-41(20-25)30(42)24-11-9-23(10-12-24)22-46-32-37-27(21-44-2)19-29(38-32)40-16-14-39(15-17-40)28-8-4-7-26(18-28)33(34,35)36/h4,7-12,18-19,25H,3,5-6,13-17,20-22H2,1-2H3/t25-/m0/s1. The average molecular weight is 658 g/mol. The minimum atomic E-state index is -4.38. The quantitative estimate of drug-likeness (QED) is 0.155. The number of benzene rings is 2. The van der Waals surface area contributed by atoms with E-state index in [0.717, 1.165) is 36.0 Å². The second kappa shape index (κ2) is 15.2. The molecule has 2 fully saturated rings. The zero-order chi connectivity index (χ0) is 32.7. The average Bonchev–Trinajstić information content (AvgIpc) is 3.07. The fourth-order valence-corrected chi connectivity index (χ4v) is 6.50. The number of alkyl halides is 3. The molecule has 2 aromatic carbocycles. The van der Waals surface area contributed by atoms with Gasteiger partial charge in [0.05, 0.1) is 30.4 Å². The Hall–Kier alpha value is -3.84. The van der Waals surface area contributed by atoms with E-state index in [1.807, 2.05) is 35.2 Å². The summed E-state index contributed by atoms with van der Waals surface area (Å²) in [7, 11) is 1.60. The minimum Gasteiger partial charge on any atom is -0.466 e. The molecule has 0 aliphatic carbocycles. The summed E-state index contributed by atoms with van der Waals surface area (Å²) < 4.78 is 50.2. The molecule has 1 atom stereocenters. The number of likely N-dealkylation sites (tertiary alicyclic amines) is 1. The molecular weight excluding hydrogens is 619 g/mol. The number of aromatic nitrogens is 2. The summed E-state index contributed by atoms with van der Waals surface area (Å²) >= 11 is 1.48. The summed E-state index contributed by atoms with van der Waals surface area (Å²) in [4.78, 5) is 40.6. The predicted molar refractivity (Wildman–Crippen MR) is 170 cm³/mol. The number of anilines is 2. The summed E-state index contributed by atoms with van der Waals surface area (Å²) in [5.41, 5.74) is 2.21. The molecule has 13 heteroatoms. The van der Waals surface area contributed by atoms with Crippen LogP contribution in [0.3, 0.4) is 0 Å². The van der Waals surface area contributed by atoms with Gasteiger partial charge >= 0.3 is 12.1 Å². The van der Waals surface area contributed by atoms with Crippen LogP contribution in [0.25, 0.3) is 0 Å². The SMILES string of the molecule is CCOC(=O)[C@H]1CCCN(C(=O)c2ccc(CSc3nc(COC)cc(N4CCN(c5cccc(C(F)(F)F)c5)CC4)n3)cc2)C1. The van der Waals surface area contributed by atoms with Crippen LogP contribution in [0.1, 0.15) is 46.9 Å². The molecule has 2 aliphatic rings. The van der Waals surface area contributed by atoms with Gasteiger partial charge in [0.1, 0.15) is 5.82 Å². The van der Waals surface area contributed by atoms with Gasteiger partial charge in [-0.15, -0.1) is 0 Å². The first-order valence-electron chi connectivity index (χ1n) is 15.4. The van der Waals surface area contributed by atoms with Gasteiger partial charge in [0.2, 0.25) is 0 Å². The zero-order valence-corrected chi connectivity index (χ0v) is 26.8. The van der Waals surface area contributed by atoms with Crippen LogP contribution >= 0.6 is 11.8 Å². The lowest BCUT2D eigenvalue weighted by atomic mass is 9.97. The Morgan fingerprint density at radius 2 is 1.72 bits per heavy atom. The van der Waals surface area contributed by atoms with Crippen LogP contribution in [0, 0.1) is 5.92 Å². The molecule has 9 nitrogen and oxygen atoms in total. The summed E-state index contributed by atoms with van der Waals surface area (Å²) in [6, 6.07) is 14.8. The predicted octanol–water partition coefficient (Wildman–Crippen LogP) is 5.68. The van der Waals surface area contributed by atoms with Gasteiger partial charge in [-0.3, -0.25) is 9.59 Å². The lowest BCUT2D eigenvalue weighted by molar-refractivity contribution is -0.149. The van der Waals surface area contributed by atoms with Crippen molar-refractivity contribution in [2.45, 2.75) is 43.5 Å². The molecule has 1 aromatic heterocycles. The highest BCUT2D eigenvalue weighted by molar-refractivity contribution is 7.98. The molecule has 0 N–H and O–H groups in total. The molecule has 0 bridgehead atoms. The number of carbonyl (C=O) groups excluding carboxylic acids is 2. The fraction of sp³-hybridized carbons (Fsp3) is 0.455. The highest BCUT2D eigenvalue weighted by Gasteiger charge is 2.32. The van der Waals surface area contributed by atoms with Crippen LogP contribution in [0.5, 0.6) is 0 Å². The molecular formula is C33H38F3N5O4S. The van der Waals surface area contributed by atoms with E-state index >= 15 is 0 Å². The number of ether oxygens (including phenoxy) is 2. The Morgan fingerprint density at radius 3 is 2.41 bits per heavy atom. The van der Waals surface area contributed by atoms with Crippen molar-refractivity contribution < 1.29 is 32.2 Å². The summed E-state index contributed by atoms with van der Waals surface area (Å²) in [6.45, 7) is 5.71. The molecule has 1 amide bonds. The first kappa shape index (κ1) is 33.5. The maximum absolute atomic E-state index is 13.2. The number of thioether (sulfide) groups is 1. The molecule has 46 heavy (non-hydrogen) atoms. The van der Waals surface area contributed by atoms with Gasteiger partial charge in [0, 0.05) is 69.4 Å². The van der Waals surface area contributed by atoms with Crippen molar-refractivity contribution >= 4 is 35.1 Å². The smallest absolute Gasteiger partial charge is 0.416 e. The number of hydrogen-bond donors (Lipinski definition) is 0. The van der Waals surface area contributed by atoms with E-state index in [0.29, 0.717) is 74.6 Å². The Labute approximate surface area is 271 Å². The Balaban J connectivity index is 1.19. The van der Waals surface area contributed by atoms with Crippen molar-refractivity contribution in [1.29, 1.82) is 0 Å². The van der Waals surface area contributed by atoms with E-state index in [-0.39, 0.29) is 17.8 Å². The normalized spacial score (nSPS) is 17.2. The maximum Gasteiger partial charge on any atom is 0.416 e. The third kappa shape index (κ3) is 8.49.